The molecule has 1 amide bonds. The van der Waals surface area contributed by atoms with Crippen LogP contribution in [0.4, 0.5) is 5.69 Å². The van der Waals surface area contributed by atoms with Crippen LogP contribution in [0.5, 0.6) is 0 Å². The summed E-state index contributed by atoms with van der Waals surface area (Å²) in [5, 5.41) is 12.4. The molecule has 0 bridgehead atoms. The van der Waals surface area contributed by atoms with Crippen LogP contribution in [0.25, 0.3) is 0 Å². The van der Waals surface area contributed by atoms with Crippen molar-refractivity contribution in [3.63, 3.8) is 0 Å². The summed E-state index contributed by atoms with van der Waals surface area (Å²) in [7, 11) is 0. The van der Waals surface area contributed by atoms with E-state index in [9.17, 15) is 14.9 Å². The molecule has 1 aromatic carbocycles. The molecule has 31 heavy (non-hydrogen) atoms. The van der Waals surface area contributed by atoms with E-state index in [1.807, 2.05) is 32.9 Å². The minimum atomic E-state index is -0.293. The van der Waals surface area contributed by atoms with Crippen molar-refractivity contribution in [2.45, 2.75) is 53.1 Å². The van der Waals surface area contributed by atoms with E-state index >= 15 is 0 Å². The van der Waals surface area contributed by atoms with Gasteiger partial charge in [0.25, 0.3) is 11.5 Å². The first kappa shape index (κ1) is 22.6. The number of nitriles is 1. The number of nitrogens with zero attached hydrogens (tertiary/aromatic N) is 2. The van der Waals surface area contributed by atoms with Gasteiger partial charge in [-0.3, -0.25) is 9.59 Å². The number of hydrogen-bond donors (Lipinski definition) is 2. The van der Waals surface area contributed by atoms with Gasteiger partial charge in [0.2, 0.25) is 0 Å². The third kappa shape index (κ3) is 4.97. The van der Waals surface area contributed by atoms with Gasteiger partial charge in [-0.15, -0.1) is 0 Å². The van der Waals surface area contributed by atoms with E-state index in [4.69, 9.17) is 4.74 Å². The molecule has 1 aliphatic heterocycles. The fraction of sp³-hybridized carbons (Fsp3) is 0.458. The fourth-order valence-corrected chi connectivity index (χ4v) is 4.28. The smallest absolute Gasteiger partial charge is 0.253 e. The second-order valence-corrected chi connectivity index (χ2v) is 8.04. The number of H-pyrrole nitrogens is 1. The van der Waals surface area contributed by atoms with Crippen molar-refractivity contribution >= 4 is 11.6 Å². The van der Waals surface area contributed by atoms with Gasteiger partial charge in [0.05, 0.1) is 11.6 Å². The number of nitrogens with one attached hydrogen (secondary N) is 2. The van der Waals surface area contributed by atoms with E-state index < -0.39 is 0 Å². The minimum absolute atomic E-state index is 0.128. The van der Waals surface area contributed by atoms with Crippen molar-refractivity contribution in [2.75, 3.05) is 24.7 Å². The van der Waals surface area contributed by atoms with E-state index in [1.165, 1.54) is 0 Å². The molecule has 164 valence electrons. The topological polar surface area (TPSA) is 98.2 Å². The number of anilines is 1. The van der Waals surface area contributed by atoms with Crippen LogP contribution in [-0.4, -0.2) is 36.7 Å². The van der Waals surface area contributed by atoms with Crippen LogP contribution in [0.15, 0.2) is 23.0 Å². The maximum absolute atomic E-state index is 13.1. The van der Waals surface area contributed by atoms with Crippen LogP contribution >= 0.6 is 0 Å². The number of carbonyl (C=O) groups is 1. The number of pyridine rings is 1. The molecular weight excluding hydrogens is 392 g/mol. The van der Waals surface area contributed by atoms with Gasteiger partial charge in [0, 0.05) is 54.9 Å². The SMILES string of the molecule is CCN(c1cc(C#N)cc(C(=O)NCc2c(C)cc(C)[nH]c2=O)c1C)C1CCOCC1. The highest BCUT2D eigenvalue weighted by Crippen LogP contribution is 2.29. The van der Waals surface area contributed by atoms with Gasteiger partial charge in [-0.25, -0.2) is 0 Å². The zero-order valence-corrected chi connectivity index (χ0v) is 18.7. The van der Waals surface area contributed by atoms with Crippen LogP contribution in [0.3, 0.4) is 0 Å². The first-order chi connectivity index (χ1) is 14.8. The summed E-state index contributed by atoms with van der Waals surface area (Å²) in [6.07, 6.45) is 1.84. The summed E-state index contributed by atoms with van der Waals surface area (Å²) in [6, 6.07) is 7.87. The van der Waals surface area contributed by atoms with Gasteiger partial charge in [-0.2, -0.15) is 5.26 Å². The molecule has 0 atom stereocenters. The second-order valence-electron chi connectivity index (χ2n) is 8.04. The van der Waals surface area contributed by atoms with Crippen LogP contribution in [-0.2, 0) is 11.3 Å². The Morgan fingerprint density at radius 2 is 1.97 bits per heavy atom. The molecule has 0 saturated carbocycles. The monoisotopic (exact) mass is 422 g/mol. The van der Waals surface area contributed by atoms with Crippen LogP contribution in [0, 0.1) is 32.1 Å². The highest BCUT2D eigenvalue weighted by Gasteiger charge is 2.24. The van der Waals surface area contributed by atoms with Crippen molar-refractivity contribution in [1.82, 2.24) is 10.3 Å². The van der Waals surface area contributed by atoms with Gasteiger partial charge >= 0.3 is 0 Å². The summed E-state index contributed by atoms with van der Waals surface area (Å²) in [5.74, 6) is -0.293. The Labute approximate surface area is 183 Å². The standard InChI is InChI=1S/C24H30N4O3/c1-5-28(19-6-8-31-9-7-19)22-12-18(13-25)11-20(17(22)4)23(29)26-14-21-15(2)10-16(3)27-24(21)30/h10-12,19H,5-9,14H2,1-4H3,(H,26,29)(H,27,30). The number of aryl methyl sites for hydroxylation is 2. The Bertz CT molecular complexity index is 1060. The van der Waals surface area contributed by atoms with E-state index in [2.05, 4.69) is 28.2 Å². The van der Waals surface area contributed by atoms with Gasteiger partial charge in [0.15, 0.2) is 0 Å². The number of benzene rings is 1. The lowest BCUT2D eigenvalue weighted by atomic mass is 9.98. The zero-order valence-electron chi connectivity index (χ0n) is 18.7. The lowest BCUT2D eigenvalue weighted by Crippen LogP contribution is -2.40. The average Bonchev–Trinajstić information content (AvgIpc) is 2.75. The van der Waals surface area contributed by atoms with E-state index in [0.29, 0.717) is 22.7 Å². The normalized spacial score (nSPS) is 14.2. The molecule has 2 heterocycles. The van der Waals surface area contributed by atoms with Gasteiger partial charge in [-0.05, 0) is 69.9 Å². The predicted molar refractivity (Wildman–Crippen MR) is 120 cm³/mol. The molecule has 0 aliphatic carbocycles. The van der Waals surface area contributed by atoms with Crippen molar-refractivity contribution in [1.29, 1.82) is 5.26 Å². The molecule has 7 nitrogen and oxygen atoms in total. The van der Waals surface area contributed by atoms with Crippen molar-refractivity contribution in [3.8, 4) is 6.07 Å². The molecule has 2 N–H and O–H groups in total. The number of aromatic amines is 1. The van der Waals surface area contributed by atoms with Crippen LogP contribution < -0.4 is 15.8 Å². The largest absolute Gasteiger partial charge is 0.381 e. The molecule has 1 saturated heterocycles. The fourth-order valence-electron chi connectivity index (χ4n) is 4.28. The van der Waals surface area contributed by atoms with E-state index in [0.717, 1.165) is 55.1 Å². The van der Waals surface area contributed by atoms with Crippen LogP contribution in [0.1, 0.15) is 58.1 Å². The van der Waals surface area contributed by atoms with E-state index in [1.54, 1.807) is 6.07 Å². The summed E-state index contributed by atoms with van der Waals surface area (Å²) in [5.41, 5.74) is 4.60. The molecule has 0 unspecified atom stereocenters. The number of hydrogen-bond acceptors (Lipinski definition) is 5. The third-order valence-electron chi connectivity index (χ3n) is 5.96. The highest BCUT2D eigenvalue weighted by atomic mass is 16.5. The Balaban J connectivity index is 1.90. The lowest BCUT2D eigenvalue weighted by molar-refractivity contribution is 0.0845. The Morgan fingerprint density at radius 3 is 2.58 bits per heavy atom. The summed E-state index contributed by atoms with van der Waals surface area (Å²) < 4.78 is 5.50. The first-order valence-corrected chi connectivity index (χ1v) is 10.7. The molecule has 0 radical (unpaired) electrons. The third-order valence-corrected chi connectivity index (χ3v) is 5.96. The maximum Gasteiger partial charge on any atom is 0.253 e. The molecule has 0 spiro atoms. The van der Waals surface area contributed by atoms with Crippen molar-refractivity contribution in [3.05, 3.63) is 62.1 Å². The first-order valence-electron chi connectivity index (χ1n) is 10.7. The predicted octanol–water partition coefficient (Wildman–Crippen LogP) is 3.11. The molecule has 1 fully saturated rings. The zero-order chi connectivity index (χ0) is 22.5. The van der Waals surface area contributed by atoms with Gasteiger partial charge < -0.3 is 19.9 Å². The van der Waals surface area contributed by atoms with Gasteiger partial charge in [0.1, 0.15) is 0 Å². The number of aromatic nitrogens is 1. The summed E-state index contributed by atoms with van der Waals surface area (Å²) >= 11 is 0. The average molecular weight is 423 g/mol. The van der Waals surface area contributed by atoms with Crippen molar-refractivity contribution < 1.29 is 9.53 Å². The molecule has 2 aromatic rings. The van der Waals surface area contributed by atoms with Crippen LogP contribution in [0.2, 0.25) is 0 Å². The van der Waals surface area contributed by atoms with E-state index in [-0.39, 0.29) is 18.0 Å². The number of ether oxygens (including phenoxy) is 1. The Morgan fingerprint density at radius 1 is 1.26 bits per heavy atom. The number of amides is 1. The number of rotatable bonds is 6. The molecule has 1 aliphatic rings. The highest BCUT2D eigenvalue weighted by molar-refractivity contribution is 5.97. The van der Waals surface area contributed by atoms with Gasteiger partial charge in [-0.1, -0.05) is 0 Å². The summed E-state index contributed by atoms with van der Waals surface area (Å²) in [4.78, 5) is 30.4. The summed E-state index contributed by atoms with van der Waals surface area (Å²) in [6.45, 7) is 10.0. The maximum atomic E-state index is 13.1. The molecule has 1 aromatic heterocycles. The quantitative estimate of drug-likeness (QED) is 0.745. The second kappa shape index (κ2) is 9.80. The lowest BCUT2D eigenvalue weighted by Gasteiger charge is -2.36. The molecule has 7 heteroatoms. The Hall–Kier alpha value is -3.11. The number of carbonyl (C=O) groups excluding carboxylic acids is 1. The minimum Gasteiger partial charge on any atom is -0.381 e. The Kier molecular flexibility index (Phi) is 7.13. The van der Waals surface area contributed by atoms with Crippen molar-refractivity contribution in [2.24, 2.45) is 0 Å². The molecular formula is C24H30N4O3. The molecule has 3 rings (SSSR count).